The second-order valence-corrected chi connectivity index (χ2v) is 9.37. The highest BCUT2D eigenvalue weighted by Crippen LogP contribution is 2.23. The van der Waals surface area contributed by atoms with Gasteiger partial charge < -0.3 is 14.8 Å². The summed E-state index contributed by atoms with van der Waals surface area (Å²) in [5.74, 6) is -1.98. The number of carbonyl (C=O) groups excluding carboxylic acids is 3. The molecule has 182 valence electrons. The van der Waals surface area contributed by atoms with Gasteiger partial charge in [0.15, 0.2) is 0 Å². The summed E-state index contributed by atoms with van der Waals surface area (Å²) in [6.07, 6.45) is 0. The van der Waals surface area contributed by atoms with E-state index in [4.69, 9.17) is 9.47 Å². The summed E-state index contributed by atoms with van der Waals surface area (Å²) in [5, 5.41) is 2.61. The van der Waals surface area contributed by atoms with Gasteiger partial charge >= 0.3 is 11.9 Å². The van der Waals surface area contributed by atoms with Crippen LogP contribution in [0.15, 0.2) is 65.6 Å². The average Bonchev–Trinajstić information content (AvgIpc) is 2.84. The molecule has 0 radical (unpaired) electrons. The number of amides is 1. The second-order valence-electron chi connectivity index (χ2n) is 7.68. The van der Waals surface area contributed by atoms with Crippen LogP contribution in [0.25, 0.3) is 0 Å². The van der Waals surface area contributed by atoms with Gasteiger partial charge in [0.1, 0.15) is 0 Å². The predicted molar refractivity (Wildman–Crippen MR) is 130 cm³/mol. The molecule has 0 spiro atoms. The number of hydrogen-bond donors (Lipinski definition) is 2. The molecule has 35 heavy (non-hydrogen) atoms. The number of nitrogens with one attached hydrogen (secondary N) is 2. The highest BCUT2D eigenvalue weighted by molar-refractivity contribution is 7.92. The Balaban J connectivity index is 1.90. The molecular formula is C25H24N2O7S. The summed E-state index contributed by atoms with van der Waals surface area (Å²) in [6, 6.07) is 14.9. The lowest BCUT2D eigenvalue weighted by Gasteiger charge is -2.13. The molecule has 3 aromatic carbocycles. The van der Waals surface area contributed by atoms with Crippen molar-refractivity contribution in [3.05, 3.63) is 88.5 Å². The standard InChI is InChI=1S/C25H24N2O7S/c1-15-5-9-21(10-6-15)35(31,32)27-22-14-17(8-7-16(22)2)23(28)26-20-12-18(24(29)33-3)11-19(13-20)25(30)34-4/h5-14,27H,1-4H3,(H,26,28). The molecule has 0 aromatic heterocycles. The Morgan fingerprint density at radius 2 is 1.31 bits per heavy atom. The van der Waals surface area contributed by atoms with E-state index in [0.29, 0.717) is 5.56 Å². The predicted octanol–water partition coefficient (Wildman–Crippen LogP) is 3.93. The van der Waals surface area contributed by atoms with E-state index in [9.17, 15) is 22.8 Å². The van der Waals surface area contributed by atoms with E-state index in [0.717, 1.165) is 5.56 Å². The van der Waals surface area contributed by atoms with Crippen molar-refractivity contribution in [2.75, 3.05) is 24.3 Å². The Kier molecular flexibility index (Phi) is 7.55. The van der Waals surface area contributed by atoms with Gasteiger partial charge in [-0.3, -0.25) is 9.52 Å². The Morgan fingerprint density at radius 3 is 1.86 bits per heavy atom. The van der Waals surface area contributed by atoms with Gasteiger partial charge in [0.05, 0.1) is 35.9 Å². The van der Waals surface area contributed by atoms with Crippen LogP contribution in [0, 0.1) is 13.8 Å². The van der Waals surface area contributed by atoms with Crippen LogP contribution in [0.1, 0.15) is 42.2 Å². The number of rotatable bonds is 7. The van der Waals surface area contributed by atoms with E-state index in [2.05, 4.69) is 10.0 Å². The molecule has 0 aliphatic carbocycles. The molecular weight excluding hydrogens is 472 g/mol. The largest absolute Gasteiger partial charge is 0.465 e. The Hall–Kier alpha value is -4.18. The van der Waals surface area contributed by atoms with Gasteiger partial charge in [-0.2, -0.15) is 0 Å². The molecule has 0 aliphatic rings. The van der Waals surface area contributed by atoms with E-state index >= 15 is 0 Å². The van der Waals surface area contributed by atoms with E-state index in [-0.39, 0.29) is 33.0 Å². The minimum atomic E-state index is -3.87. The first-order valence-corrected chi connectivity index (χ1v) is 11.9. The average molecular weight is 497 g/mol. The van der Waals surface area contributed by atoms with Crippen LogP contribution in [0.4, 0.5) is 11.4 Å². The molecule has 3 rings (SSSR count). The summed E-state index contributed by atoms with van der Waals surface area (Å²) >= 11 is 0. The molecule has 0 heterocycles. The van der Waals surface area contributed by atoms with Crippen LogP contribution in [0.3, 0.4) is 0 Å². The van der Waals surface area contributed by atoms with Crippen molar-refractivity contribution in [3.8, 4) is 0 Å². The third-order valence-electron chi connectivity index (χ3n) is 5.11. The lowest BCUT2D eigenvalue weighted by molar-refractivity contribution is 0.0598. The third kappa shape index (κ3) is 6.04. The van der Waals surface area contributed by atoms with Crippen molar-refractivity contribution >= 4 is 39.2 Å². The molecule has 0 fully saturated rings. The number of methoxy groups -OCH3 is 2. The zero-order valence-corrected chi connectivity index (χ0v) is 20.4. The first kappa shape index (κ1) is 25.4. The fourth-order valence-corrected chi connectivity index (χ4v) is 4.29. The molecule has 3 aromatic rings. The molecule has 0 aliphatic heterocycles. The highest BCUT2D eigenvalue weighted by Gasteiger charge is 2.18. The van der Waals surface area contributed by atoms with E-state index in [1.165, 1.54) is 56.7 Å². The summed E-state index contributed by atoms with van der Waals surface area (Å²) in [7, 11) is -1.49. The summed E-state index contributed by atoms with van der Waals surface area (Å²) in [4.78, 5) is 37.0. The molecule has 0 bridgehead atoms. The normalized spacial score (nSPS) is 10.9. The number of esters is 2. The van der Waals surface area contributed by atoms with Crippen molar-refractivity contribution in [1.29, 1.82) is 0 Å². The van der Waals surface area contributed by atoms with E-state index in [1.54, 1.807) is 25.1 Å². The number of benzene rings is 3. The number of ether oxygens (including phenoxy) is 2. The van der Waals surface area contributed by atoms with Crippen molar-refractivity contribution in [2.45, 2.75) is 18.7 Å². The Morgan fingerprint density at radius 1 is 0.743 bits per heavy atom. The van der Waals surface area contributed by atoms with E-state index < -0.39 is 27.9 Å². The Bertz CT molecular complexity index is 1360. The summed E-state index contributed by atoms with van der Waals surface area (Å²) in [5.41, 5.74) is 2.16. The maximum Gasteiger partial charge on any atom is 0.337 e. The van der Waals surface area contributed by atoms with Gasteiger partial charge in [0.2, 0.25) is 0 Å². The van der Waals surface area contributed by atoms with Gasteiger partial charge in [0.25, 0.3) is 15.9 Å². The highest BCUT2D eigenvalue weighted by atomic mass is 32.2. The molecule has 9 nitrogen and oxygen atoms in total. The van der Waals surface area contributed by atoms with Gasteiger partial charge in [-0.15, -0.1) is 0 Å². The first-order chi connectivity index (χ1) is 16.5. The lowest BCUT2D eigenvalue weighted by atomic mass is 10.1. The molecule has 0 atom stereocenters. The van der Waals surface area contributed by atoms with Crippen molar-refractivity contribution in [1.82, 2.24) is 0 Å². The van der Waals surface area contributed by atoms with Crippen LogP contribution in [-0.4, -0.2) is 40.5 Å². The first-order valence-electron chi connectivity index (χ1n) is 10.4. The molecule has 2 N–H and O–H groups in total. The number of aryl methyl sites for hydroxylation is 2. The molecule has 0 unspecified atom stereocenters. The van der Waals surface area contributed by atoms with Gasteiger partial charge in [-0.1, -0.05) is 23.8 Å². The minimum Gasteiger partial charge on any atom is -0.465 e. The number of carbonyl (C=O) groups is 3. The SMILES string of the molecule is COC(=O)c1cc(NC(=O)c2ccc(C)c(NS(=O)(=O)c3ccc(C)cc3)c2)cc(C(=O)OC)c1. The second kappa shape index (κ2) is 10.4. The van der Waals surface area contributed by atoms with Crippen LogP contribution in [-0.2, 0) is 19.5 Å². The molecule has 0 saturated carbocycles. The molecule has 1 amide bonds. The number of hydrogen-bond acceptors (Lipinski definition) is 7. The van der Waals surface area contributed by atoms with Crippen LogP contribution < -0.4 is 10.0 Å². The fourth-order valence-electron chi connectivity index (χ4n) is 3.17. The lowest BCUT2D eigenvalue weighted by Crippen LogP contribution is -2.17. The number of anilines is 2. The topological polar surface area (TPSA) is 128 Å². The Labute approximate surface area is 203 Å². The third-order valence-corrected chi connectivity index (χ3v) is 6.49. The van der Waals surface area contributed by atoms with Gasteiger partial charge in [0, 0.05) is 11.3 Å². The zero-order chi connectivity index (χ0) is 25.8. The molecule has 10 heteroatoms. The quantitative estimate of drug-likeness (QED) is 0.474. The molecule has 0 saturated heterocycles. The van der Waals surface area contributed by atoms with Crippen molar-refractivity contribution < 1.29 is 32.3 Å². The van der Waals surface area contributed by atoms with Crippen LogP contribution >= 0.6 is 0 Å². The minimum absolute atomic E-state index is 0.0427. The van der Waals surface area contributed by atoms with Gasteiger partial charge in [-0.05, 0) is 61.9 Å². The van der Waals surface area contributed by atoms with Gasteiger partial charge in [-0.25, -0.2) is 18.0 Å². The fraction of sp³-hybridized carbons (Fsp3) is 0.160. The summed E-state index contributed by atoms with van der Waals surface area (Å²) < 4.78 is 37.5. The monoisotopic (exact) mass is 496 g/mol. The maximum atomic E-state index is 12.9. The number of sulfonamides is 1. The summed E-state index contributed by atoms with van der Waals surface area (Å²) in [6.45, 7) is 3.56. The maximum absolute atomic E-state index is 12.9. The van der Waals surface area contributed by atoms with E-state index in [1.807, 2.05) is 6.92 Å². The zero-order valence-electron chi connectivity index (χ0n) is 19.5. The van der Waals surface area contributed by atoms with Crippen LogP contribution in [0.5, 0.6) is 0 Å². The smallest absolute Gasteiger partial charge is 0.337 e. The van der Waals surface area contributed by atoms with Crippen LogP contribution in [0.2, 0.25) is 0 Å². The van der Waals surface area contributed by atoms with Crippen molar-refractivity contribution in [3.63, 3.8) is 0 Å². The van der Waals surface area contributed by atoms with Crippen molar-refractivity contribution in [2.24, 2.45) is 0 Å².